The topological polar surface area (TPSA) is 45.7 Å². The number of aliphatic imine (C=N–C) groups is 1. The Bertz CT molecular complexity index is 1000. The number of amidine groups is 1. The van der Waals surface area contributed by atoms with Crippen LogP contribution in [0.2, 0.25) is 0 Å². The Morgan fingerprint density at radius 1 is 1.20 bits per heavy atom. The molecule has 0 spiro atoms. The van der Waals surface area contributed by atoms with Gasteiger partial charge in [-0.15, -0.1) is 13.2 Å². The first-order chi connectivity index (χ1) is 14.2. The number of nitrogens with one attached hydrogen (secondary N) is 2. The molecule has 2 aromatic rings. The highest BCUT2D eigenvalue weighted by Gasteiger charge is 2.34. The van der Waals surface area contributed by atoms with Gasteiger partial charge in [-0.05, 0) is 44.0 Å². The molecule has 0 radical (unpaired) electrons. The van der Waals surface area contributed by atoms with Gasteiger partial charge in [-0.2, -0.15) is 0 Å². The molecule has 1 heterocycles. The third-order valence-corrected chi connectivity index (χ3v) is 4.51. The Morgan fingerprint density at radius 3 is 2.60 bits per heavy atom. The van der Waals surface area contributed by atoms with E-state index in [4.69, 9.17) is 0 Å². The molecule has 4 nitrogen and oxygen atoms in total. The van der Waals surface area contributed by atoms with E-state index in [1.54, 1.807) is 12.1 Å². The van der Waals surface area contributed by atoms with E-state index in [0.717, 1.165) is 28.8 Å². The predicted molar refractivity (Wildman–Crippen MR) is 114 cm³/mol. The number of ether oxygens (including phenoxy) is 1. The van der Waals surface area contributed by atoms with Gasteiger partial charge in [0.15, 0.2) is 6.17 Å². The second kappa shape index (κ2) is 8.65. The molecule has 0 amide bonds. The lowest BCUT2D eigenvalue weighted by molar-refractivity contribution is -0.274. The molecule has 30 heavy (non-hydrogen) atoms. The maximum absolute atomic E-state index is 12.9. The van der Waals surface area contributed by atoms with Crippen molar-refractivity contribution >= 4 is 11.5 Å². The first kappa shape index (κ1) is 21.5. The van der Waals surface area contributed by atoms with Crippen molar-refractivity contribution in [3.05, 3.63) is 83.1 Å². The van der Waals surface area contributed by atoms with Gasteiger partial charge in [0, 0.05) is 16.8 Å². The van der Waals surface area contributed by atoms with Crippen LogP contribution in [0.3, 0.4) is 0 Å². The molecule has 2 aromatic carbocycles. The summed E-state index contributed by atoms with van der Waals surface area (Å²) in [6.45, 7) is 9.93. The van der Waals surface area contributed by atoms with Crippen LogP contribution in [0.25, 0.3) is 0 Å². The third kappa shape index (κ3) is 5.03. The summed E-state index contributed by atoms with van der Waals surface area (Å²) in [5.74, 6) is 0.250. The van der Waals surface area contributed by atoms with Crippen LogP contribution in [-0.4, -0.2) is 12.2 Å². The minimum absolute atomic E-state index is 0.286. The minimum atomic E-state index is -4.79. The molecule has 1 aliphatic heterocycles. The second-order valence-corrected chi connectivity index (χ2v) is 7.18. The molecule has 2 N–H and O–H groups in total. The van der Waals surface area contributed by atoms with E-state index in [2.05, 4.69) is 26.9 Å². The summed E-state index contributed by atoms with van der Waals surface area (Å²) in [6, 6.07) is 11.8. The van der Waals surface area contributed by atoms with Crippen molar-refractivity contribution < 1.29 is 17.9 Å². The van der Waals surface area contributed by atoms with Crippen molar-refractivity contribution in [1.82, 2.24) is 5.32 Å². The molecule has 1 aliphatic rings. The fourth-order valence-corrected chi connectivity index (χ4v) is 3.34. The number of benzene rings is 2. The van der Waals surface area contributed by atoms with E-state index in [1.165, 1.54) is 12.1 Å². The van der Waals surface area contributed by atoms with E-state index in [1.807, 2.05) is 45.0 Å². The van der Waals surface area contributed by atoms with Gasteiger partial charge in [-0.3, -0.25) is 0 Å². The predicted octanol–water partition coefficient (Wildman–Crippen LogP) is 6.09. The Hall–Kier alpha value is -3.22. The van der Waals surface area contributed by atoms with Gasteiger partial charge in [0.25, 0.3) is 0 Å². The average Bonchev–Trinajstić information content (AvgIpc) is 2.66. The number of halogens is 3. The summed E-state index contributed by atoms with van der Waals surface area (Å²) < 4.78 is 43.0. The molecule has 0 bridgehead atoms. The molecule has 158 valence electrons. The van der Waals surface area contributed by atoms with Crippen LogP contribution in [0.1, 0.15) is 43.6 Å². The maximum Gasteiger partial charge on any atom is 0.573 e. The zero-order valence-corrected chi connectivity index (χ0v) is 17.1. The lowest BCUT2D eigenvalue weighted by Gasteiger charge is -2.29. The molecule has 0 aromatic heterocycles. The first-order valence-electron chi connectivity index (χ1n) is 9.60. The smallest absolute Gasteiger partial charge is 0.405 e. The highest BCUT2D eigenvalue weighted by Crippen LogP contribution is 2.37. The fourth-order valence-electron chi connectivity index (χ4n) is 3.34. The van der Waals surface area contributed by atoms with Gasteiger partial charge in [0.1, 0.15) is 11.6 Å². The molecule has 0 aliphatic carbocycles. The molecule has 1 unspecified atom stereocenters. The number of alkyl halides is 3. The van der Waals surface area contributed by atoms with Crippen molar-refractivity contribution in [2.75, 3.05) is 5.32 Å². The summed E-state index contributed by atoms with van der Waals surface area (Å²) in [4.78, 5) is 4.66. The summed E-state index contributed by atoms with van der Waals surface area (Å²) in [7, 11) is 0. The maximum atomic E-state index is 12.9. The number of anilines is 1. The van der Waals surface area contributed by atoms with Crippen molar-refractivity contribution in [3.63, 3.8) is 0 Å². The molecular formula is C23H24F3N3O. The number of para-hydroxylation sites is 2. The largest absolute Gasteiger partial charge is 0.573 e. The van der Waals surface area contributed by atoms with E-state index in [-0.39, 0.29) is 5.75 Å². The van der Waals surface area contributed by atoms with Gasteiger partial charge < -0.3 is 15.4 Å². The Kier molecular flexibility index (Phi) is 6.20. The van der Waals surface area contributed by atoms with Crippen LogP contribution in [0.5, 0.6) is 5.75 Å². The molecule has 0 fully saturated rings. The Labute approximate surface area is 174 Å². The second-order valence-electron chi connectivity index (χ2n) is 7.18. The van der Waals surface area contributed by atoms with E-state index in [9.17, 15) is 13.2 Å². The van der Waals surface area contributed by atoms with Gasteiger partial charge in [-0.25, -0.2) is 4.99 Å². The SMILES string of the molecule is C=C(C=C(C)C)NC1=NC(c2ccccc2OC(F)(F)F)Nc2c(CC)cccc21. The zero-order chi connectivity index (χ0) is 21.9. The van der Waals surface area contributed by atoms with Crippen LogP contribution in [0.4, 0.5) is 18.9 Å². The third-order valence-electron chi connectivity index (χ3n) is 4.51. The fraction of sp³-hybridized carbons (Fsp3) is 0.261. The van der Waals surface area contributed by atoms with Gasteiger partial charge in [0.05, 0.1) is 5.69 Å². The average molecular weight is 415 g/mol. The standard InChI is InChI=1S/C23H24F3N3O/c1-5-16-9-8-11-18-20(16)28-21(29-22(18)27-15(4)13-14(2)3)17-10-6-7-12-19(17)30-23(24,25)26/h6-13,21,28H,4-5H2,1-3H3,(H,27,29). The molecule has 0 saturated heterocycles. The number of aryl methyl sites for hydroxylation is 1. The van der Waals surface area contributed by atoms with Crippen molar-refractivity contribution in [2.24, 2.45) is 4.99 Å². The highest BCUT2D eigenvalue weighted by atomic mass is 19.4. The van der Waals surface area contributed by atoms with Crippen LogP contribution >= 0.6 is 0 Å². The van der Waals surface area contributed by atoms with Gasteiger partial charge >= 0.3 is 6.36 Å². The van der Waals surface area contributed by atoms with Crippen molar-refractivity contribution in [1.29, 1.82) is 0 Å². The molecule has 0 saturated carbocycles. The monoisotopic (exact) mass is 415 g/mol. The van der Waals surface area contributed by atoms with Crippen LogP contribution in [0, 0.1) is 0 Å². The number of fused-ring (bicyclic) bond motifs is 1. The van der Waals surface area contributed by atoms with Gasteiger partial charge in [-0.1, -0.05) is 49.4 Å². The quantitative estimate of drug-likeness (QED) is 0.581. The Balaban J connectivity index is 2.08. The van der Waals surface area contributed by atoms with Crippen molar-refractivity contribution in [2.45, 2.75) is 39.7 Å². The number of nitrogens with zero attached hydrogens (tertiary/aromatic N) is 1. The van der Waals surface area contributed by atoms with E-state index in [0.29, 0.717) is 17.1 Å². The molecule has 7 heteroatoms. The first-order valence-corrected chi connectivity index (χ1v) is 9.60. The summed E-state index contributed by atoms with van der Waals surface area (Å²) in [6.07, 6.45) is -2.92. The minimum Gasteiger partial charge on any atom is -0.405 e. The van der Waals surface area contributed by atoms with E-state index >= 15 is 0 Å². The van der Waals surface area contributed by atoms with Crippen LogP contribution in [-0.2, 0) is 6.42 Å². The summed E-state index contributed by atoms with van der Waals surface area (Å²) in [5.41, 5.74) is 4.69. The van der Waals surface area contributed by atoms with E-state index < -0.39 is 12.5 Å². The number of rotatable bonds is 5. The summed E-state index contributed by atoms with van der Waals surface area (Å²) >= 11 is 0. The van der Waals surface area contributed by atoms with Crippen molar-refractivity contribution in [3.8, 4) is 5.75 Å². The number of hydrogen-bond acceptors (Lipinski definition) is 4. The highest BCUT2D eigenvalue weighted by molar-refractivity contribution is 6.06. The molecule has 1 atom stereocenters. The Morgan fingerprint density at radius 2 is 1.93 bits per heavy atom. The van der Waals surface area contributed by atoms with Crippen LogP contribution in [0.15, 0.2) is 71.4 Å². The zero-order valence-electron chi connectivity index (χ0n) is 17.1. The lowest BCUT2D eigenvalue weighted by atomic mass is 10.0. The van der Waals surface area contributed by atoms with Gasteiger partial charge in [0.2, 0.25) is 0 Å². The normalized spacial score (nSPS) is 15.4. The van der Waals surface area contributed by atoms with Crippen LogP contribution < -0.4 is 15.4 Å². The molecule has 3 rings (SSSR count). The summed E-state index contributed by atoms with van der Waals surface area (Å²) in [5, 5.41) is 6.48. The lowest BCUT2D eigenvalue weighted by Crippen LogP contribution is -2.31. The number of hydrogen-bond donors (Lipinski definition) is 2. The molecular weight excluding hydrogens is 391 g/mol. The number of allylic oxidation sites excluding steroid dienone is 2.